The average Bonchev–Trinajstić information content (AvgIpc) is 2.75. The summed E-state index contributed by atoms with van der Waals surface area (Å²) in [6, 6.07) is 2.01. The quantitative estimate of drug-likeness (QED) is 0.821. The molecule has 2 rings (SSSR count). The third kappa shape index (κ3) is 2.36. The van der Waals surface area contributed by atoms with E-state index in [9.17, 15) is 4.79 Å². The maximum Gasteiger partial charge on any atom is 0.167 e. The molecule has 2 nitrogen and oxygen atoms in total. The molecule has 0 radical (unpaired) electrons. The van der Waals surface area contributed by atoms with Crippen LogP contribution in [0.1, 0.15) is 40.9 Å². The predicted molar refractivity (Wildman–Crippen MR) is 67.9 cm³/mol. The molecular formula is C13H19NOS. The van der Waals surface area contributed by atoms with Crippen LogP contribution in [0.15, 0.2) is 11.4 Å². The van der Waals surface area contributed by atoms with Gasteiger partial charge in [-0.15, -0.1) is 11.3 Å². The molecule has 1 fully saturated rings. The van der Waals surface area contributed by atoms with E-state index in [0.717, 1.165) is 18.4 Å². The van der Waals surface area contributed by atoms with Crippen molar-refractivity contribution >= 4 is 17.1 Å². The second-order valence-corrected chi connectivity index (χ2v) is 5.81. The standard InChI is InChI=1S/C13H19NOS/c1-9-6-11(8-16-9)13(15)12-5-3-2-4-10(12)7-14/h6,8,10,12H,2-5,7,14H2,1H3. The van der Waals surface area contributed by atoms with Crippen molar-refractivity contribution < 1.29 is 4.79 Å². The fraction of sp³-hybridized carbons (Fsp3) is 0.615. The Labute approximate surface area is 101 Å². The number of ketones is 1. The van der Waals surface area contributed by atoms with E-state index in [1.165, 1.54) is 17.7 Å². The molecule has 0 saturated heterocycles. The molecule has 1 aromatic heterocycles. The number of thiophene rings is 1. The number of aryl methyl sites for hydroxylation is 1. The Balaban J connectivity index is 2.13. The van der Waals surface area contributed by atoms with Crippen LogP contribution < -0.4 is 5.73 Å². The molecule has 1 heterocycles. The van der Waals surface area contributed by atoms with Crippen molar-refractivity contribution in [3.8, 4) is 0 Å². The predicted octanol–water partition coefficient (Wildman–Crippen LogP) is 3.00. The van der Waals surface area contributed by atoms with Gasteiger partial charge in [0.2, 0.25) is 0 Å². The molecule has 1 aliphatic rings. The van der Waals surface area contributed by atoms with Gasteiger partial charge < -0.3 is 5.73 Å². The lowest BCUT2D eigenvalue weighted by Gasteiger charge is -2.29. The molecule has 2 unspecified atom stereocenters. The van der Waals surface area contributed by atoms with Crippen LogP contribution in [-0.2, 0) is 0 Å². The molecule has 0 aliphatic heterocycles. The van der Waals surface area contributed by atoms with Crippen molar-refractivity contribution in [1.82, 2.24) is 0 Å². The smallest absolute Gasteiger partial charge is 0.167 e. The van der Waals surface area contributed by atoms with Gasteiger partial charge in [-0.3, -0.25) is 4.79 Å². The number of Topliss-reactive ketones (excluding diaryl/α,β-unsaturated/α-hetero) is 1. The molecule has 16 heavy (non-hydrogen) atoms. The van der Waals surface area contributed by atoms with E-state index in [1.807, 2.05) is 18.4 Å². The first-order chi connectivity index (χ1) is 7.72. The Morgan fingerprint density at radius 1 is 1.50 bits per heavy atom. The largest absolute Gasteiger partial charge is 0.330 e. The molecule has 1 aliphatic carbocycles. The molecule has 88 valence electrons. The fourth-order valence-electron chi connectivity index (χ4n) is 2.62. The summed E-state index contributed by atoms with van der Waals surface area (Å²) in [7, 11) is 0. The van der Waals surface area contributed by atoms with Gasteiger partial charge in [-0.05, 0) is 38.3 Å². The molecule has 0 amide bonds. The zero-order valence-corrected chi connectivity index (χ0v) is 10.6. The first kappa shape index (κ1) is 11.8. The highest BCUT2D eigenvalue weighted by molar-refractivity contribution is 7.10. The Kier molecular flexibility index (Phi) is 3.77. The zero-order valence-electron chi connectivity index (χ0n) is 9.74. The minimum atomic E-state index is 0.174. The lowest BCUT2D eigenvalue weighted by atomic mass is 9.76. The summed E-state index contributed by atoms with van der Waals surface area (Å²) >= 11 is 1.65. The van der Waals surface area contributed by atoms with E-state index in [0.29, 0.717) is 18.2 Å². The van der Waals surface area contributed by atoms with Crippen LogP contribution in [0.2, 0.25) is 0 Å². The molecule has 1 saturated carbocycles. The number of hydrogen-bond donors (Lipinski definition) is 1. The molecule has 2 N–H and O–H groups in total. The Hall–Kier alpha value is -0.670. The van der Waals surface area contributed by atoms with Gasteiger partial charge in [-0.2, -0.15) is 0 Å². The van der Waals surface area contributed by atoms with Gasteiger partial charge in [0, 0.05) is 21.7 Å². The summed E-state index contributed by atoms with van der Waals surface area (Å²) in [6.07, 6.45) is 4.55. The second-order valence-electron chi connectivity index (χ2n) is 4.70. The van der Waals surface area contributed by atoms with E-state index >= 15 is 0 Å². The Bertz CT molecular complexity index is 372. The molecular weight excluding hydrogens is 218 g/mol. The lowest BCUT2D eigenvalue weighted by molar-refractivity contribution is 0.0830. The third-order valence-corrected chi connectivity index (χ3v) is 4.43. The number of hydrogen-bond acceptors (Lipinski definition) is 3. The van der Waals surface area contributed by atoms with Gasteiger partial charge in [-0.1, -0.05) is 12.8 Å². The summed E-state index contributed by atoms with van der Waals surface area (Å²) in [5.41, 5.74) is 6.66. The highest BCUT2D eigenvalue weighted by Gasteiger charge is 2.30. The van der Waals surface area contributed by atoms with Crippen LogP contribution in [0.3, 0.4) is 0 Å². The number of nitrogens with two attached hydrogens (primary N) is 1. The molecule has 1 aromatic rings. The summed E-state index contributed by atoms with van der Waals surface area (Å²) in [5.74, 6) is 0.897. The number of carbonyl (C=O) groups is 1. The first-order valence-corrected chi connectivity index (χ1v) is 6.89. The number of carbonyl (C=O) groups excluding carboxylic acids is 1. The van der Waals surface area contributed by atoms with Crippen molar-refractivity contribution in [2.45, 2.75) is 32.6 Å². The maximum absolute atomic E-state index is 12.3. The van der Waals surface area contributed by atoms with Gasteiger partial charge in [0.1, 0.15) is 0 Å². The van der Waals surface area contributed by atoms with Gasteiger partial charge in [0.25, 0.3) is 0 Å². The summed E-state index contributed by atoms with van der Waals surface area (Å²) < 4.78 is 0. The van der Waals surface area contributed by atoms with Crippen LogP contribution >= 0.6 is 11.3 Å². The monoisotopic (exact) mass is 237 g/mol. The Morgan fingerprint density at radius 2 is 2.25 bits per heavy atom. The SMILES string of the molecule is Cc1cc(C(=O)C2CCCCC2CN)cs1. The third-order valence-electron chi connectivity index (χ3n) is 3.56. The molecule has 3 heteroatoms. The summed E-state index contributed by atoms with van der Waals surface area (Å²) in [5, 5.41) is 1.99. The minimum Gasteiger partial charge on any atom is -0.330 e. The molecule has 0 spiro atoms. The zero-order chi connectivity index (χ0) is 11.5. The molecule has 0 bridgehead atoms. The summed E-state index contributed by atoms with van der Waals surface area (Å²) in [4.78, 5) is 13.5. The van der Waals surface area contributed by atoms with Gasteiger partial charge in [-0.25, -0.2) is 0 Å². The fourth-order valence-corrected chi connectivity index (χ4v) is 3.31. The van der Waals surface area contributed by atoms with Crippen molar-refractivity contribution in [1.29, 1.82) is 0 Å². The highest BCUT2D eigenvalue weighted by atomic mass is 32.1. The number of rotatable bonds is 3. The van der Waals surface area contributed by atoms with Crippen molar-refractivity contribution in [2.75, 3.05) is 6.54 Å². The van der Waals surface area contributed by atoms with E-state index < -0.39 is 0 Å². The first-order valence-electron chi connectivity index (χ1n) is 6.01. The van der Waals surface area contributed by atoms with Crippen molar-refractivity contribution in [2.24, 2.45) is 17.6 Å². The van der Waals surface area contributed by atoms with Gasteiger partial charge in [0.15, 0.2) is 5.78 Å². The van der Waals surface area contributed by atoms with Gasteiger partial charge >= 0.3 is 0 Å². The van der Waals surface area contributed by atoms with Crippen molar-refractivity contribution in [3.05, 3.63) is 21.9 Å². The topological polar surface area (TPSA) is 43.1 Å². The minimum absolute atomic E-state index is 0.174. The van der Waals surface area contributed by atoms with E-state index in [4.69, 9.17) is 5.73 Å². The van der Waals surface area contributed by atoms with Crippen LogP contribution in [-0.4, -0.2) is 12.3 Å². The van der Waals surface area contributed by atoms with Crippen LogP contribution in [0, 0.1) is 18.8 Å². The van der Waals surface area contributed by atoms with Crippen LogP contribution in [0.4, 0.5) is 0 Å². The summed E-state index contributed by atoms with van der Waals surface area (Å²) in [6.45, 7) is 2.70. The van der Waals surface area contributed by atoms with E-state index in [-0.39, 0.29) is 5.92 Å². The second kappa shape index (κ2) is 5.11. The Morgan fingerprint density at radius 3 is 2.88 bits per heavy atom. The lowest BCUT2D eigenvalue weighted by Crippen LogP contribution is -2.32. The molecule has 0 aromatic carbocycles. The maximum atomic E-state index is 12.3. The van der Waals surface area contributed by atoms with E-state index in [1.54, 1.807) is 11.3 Å². The van der Waals surface area contributed by atoms with Crippen LogP contribution in [0.25, 0.3) is 0 Å². The van der Waals surface area contributed by atoms with Crippen molar-refractivity contribution in [3.63, 3.8) is 0 Å². The van der Waals surface area contributed by atoms with Gasteiger partial charge in [0.05, 0.1) is 0 Å². The normalized spacial score (nSPS) is 25.6. The highest BCUT2D eigenvalue weighted by Crippen LogP contribution is 2.32. The average molecular weight is 237 g/mol. The molecule has 2 atom stereocenters. The van der Waals surface area contributed by atoms with E-state index in [2.05, 4.69) is 0 Å². The van der Waals surface area contributed by atoms with Crippen LogP contribution in [0.5, 0.6) is 0 Å².